The molecule has 0 spiro atoms. The van der Waals surface area contributed by atoms with E-state index in [-0.39, 0.29) is 6.03 Å². The SMILES string of the molecule is COc1cc(Nc2cncc(-c3ccc(NC(=O)Nc4ccccc4S)cc3)n2)cc(OC)c1OC. The minimum absolute atomic E-state index is 0.361. The number of carbonyl (C=O) groups excluding carboxylic acids is 1. The molecule has 4 rings (SSSR count). The first-order valence-corrected chi connectivity index (χ1v) is 11.3. The van der Waals surface area contributed by atoms with Crippen molar-refractivity contribution in [1.82, 2.24) is 9.97 Å². The Morgan fingerprint density at radius 1 is 0.833 bits per heavy atom. The monoisotopic (exact) mass is 503 g/mol. The number of ether oxygens (including phenoxy) is 3. The maximum Gasteiger partial charge on any atom is 0.323 e. The van der Waals surface area contributed by atoms with Crippen molar-refractivity contribution in [2.75, 3.05) is 37.3 Å². The molecule has 184 valence electrons. The first-order chi connectivity index (χ1) is 17.5. The molecule has 1 aromatic heterocycles. The van der Waals surface area contributed by atoms with Crippen molar-refractivity contribution in [2.24, 2.45) is 0 Å². The molecule has 10 heteroatoms. The molecular weight excluding hydrogens is 478 g/mol. The summed E-state index contributed by atoms with van der Waals surface area (Å²) in [5.74, 6) is 2.08. The van der Waals surface area contributed by atoms with Crippen LogP contribution in [-0.4, -0.2) is 37.3 Å². The molecule has 0 fully saturated rings. The van der Waals surface area contributed by atoms with Crippen molar-refractivity contribution >= 4 is 41.5 Å². The van der Waals surface area contributed by atoms with E-state index in [1.165, 1.54) is 0 Å². The van der Waals surface area contributed by atoms with E-state index in [0.29, 0.717) is 50.7 Å². The highest BCUT2D eigenvalue weighted by Gasteiger charge is 2.14. The van der Waals surface area contributed by atoms with Gasteiger partial charge in [-0.1, -0.05) is 24.3 Å². The van der Waals surface area contributed by atoms with Gasteiger partial charge in [-0.15, -0.1) is 12.6 Å². The van der Waals surface area contributed by atoms with Crippen LogP contribution in [0.3, 0.4) is 0 Å². The van der Waals surface area contributed by atoms with Crippen LogP contribution < -0.4 is 30.2 Å². The summed E-state index contributed by atoms with van der Waals surface area (Å²) < 4.78 is 16.2. The maximum absolute atomic E-state index is 12.3. The first-order valence-electron chi connectivity index (χ1n) is 10.9. The summed E-state index contributed by atoms with van der Waals surface area (Å²) in [7, 11) is 4.67. The van der Waals surface area contributed by atoms with E-state index in [9.17, 15) is 4.79 Å². The number of nitrogens with zero attached hydrogens (tertiary/aromatic N) is 2. The second-order valence-electron chi connectivity index (χ2n) is 7.50. The van der Waals surface area contributed by atoms with Crippen LogP contribution in [0, 0.1) is 0 Å². The van der Waals surface area contributed by atoms with Gasteiger partial charge in [0, 0.05) is 34.0 Å². The van der Waals surface area contributed by atoms with E-state index in [1.54, 1.807) is 70.1 Å². The van der Waals surface area contributed by atoms with Crippen LogP contribution in [0.5, 0.6) is 17.2 Å². The maximum atomic E-state index is 12.3. The summed E-state index contributed by atoms with van der Waals surface area (Å²) in [6, 6.07) is 17.8. The fourth-order valence-electron chi connectivity index (χ4n) is 3.45. The molecule has 0 unspecified atom stereocenters. The van der Waals surface area contributed by atoms with E-state index in [4.69, 9.17) is 14.2 Å². The van der Waals surface area contributed by atoms with Gasteiger partial charge in [-0.2, -0.15) is 0 Å². The first kappa shape index (κ1) is 24.7. The molecule has 36 heavy (non-hydrogen) atoms. The molecule has 9 nitrogen and oxygen atoms in total. The smallest absolute Gasteiger partial charge is 0.323 e. The van der Waals surface area contributed by atoms with Crippen molar-refractivity contribution in [2.45, 2.75) is 4.90 Å². The number of methoxy groups -OCH3 is 3. The van der Waals surface area contributed by atoms with Gasteiger partial charge in [0.2, 0.25) is 5.75 Å². The number of benzene rings is 3. The number of urea groups is 1. The molecule has 0 saturated carbocycles. The van der Waals surface area contributed by atoms with Gasteiger partial charge in [0.15, 0.2) is 11.5 Å². The normalized spacial score (nSPS) is 10.3. The molecule has 0 atom stereocenters. The average Bonchev–Trinajstić information content (AvgIpc) is 2.90. The van der Waals surface area contributed by atoms with E-state index in [1.807, 2.05) is 24.3 Å². The van der Waals surface area contributed by atoms with Gasteiger partial charge < -0.3 is 30.2 Å². The summed E-state index contributed by atoms with van der Waals surface area (Å²) in [6.07, 6.45) is 3.28. The third-order valence-electron chi connectivity index (χ3n) is 5.16. The molecule has 0 aliphatic carbocycles. The average molecular weight is 504 g/mol. The number of carbonyl (C=O) groups is 1. The predicted octanol–water partition coefficient (Wildman–Crippen LogP) is 5.85. The van der Waals surface area contributed by atoms with Gasteiger partial charge in [-0.05, 0) is 24.3 Å². The van der Waals surface area contributed by atoms with E-state index < -0.39 is 0 Å². The number of hydrogen-bond donors (Lipinski definition) is 4. The molecule has 3 aromatic carbocycles. The zero-order chi connectivity index (χ0) is 25.5. The lowest BCUT2D eigenvalue weighted by molar-refractivity contribution is 0.262. The summed E-state index contributed by atoms with van der Waals surface area (Å²) in [5, 5.41) is 8.80. The summed E-state index contributed by atoms with van der Waals surface area (Å²) in [4.78, 5) is 22.0. The topological polar surface area (TPSA) is 107 Å². The van der Waals surface area contributed by atoms with Gasteiger partial charge in [0.1, 0.15) is 5.82 Å². The van der Waals surface area contributed by atoms with Crippen LogP contribution in [0.15, 0.2) is 78.0 Å². The van der Waals surface area contributed by atoms with Crippen molar-refractivity contribution < 1.29 is 19.0 Å². The van der Waals surface area contributed by atoms with Gasteiger partial charge in [-0.25, -0.2) is 9.78 Å². The number of para-hydroxylation sites is 1. The number of aromatic nitrogens is 2. The minimum atomic E-state index is -0.361. The van der Waals surface area contributed by atoms with Crippen LogP contribution in [-0.2, 0) is 0 Å². The number of thiol groups is 1. The minimum Gasteiger partial charge on any atom is -0.493 e. The Labute approximate surface area is 214 Å². The third-order valence-corrected chi connectivity index (χ3v) is 5.55. The van der Waals surface area contributed by atoms with Gasteiger partial charge in [-0.3, -0.25) is 4.98 Å². The molecule has 0 radical (unpaired) electrons. The van der Waals surface area contributed by atoms with Gasteiger partial charge in [0.05, 0.1) is 45.1 Å². The Kier molecular flexibility index (Phi) is 7.76. The Morgan fingerprint density at radius 2 is 1.53 bits per heavy atom. The van der Waals surface area contributed by atoms with E-state index >= 15 is 0 Å². The molecule has 3 N–H and O–H groups in total. The Hall–Kier alpha value is -4.44. The number of amides is 2. The molecular formula is C26H25N5O4S. The lowest BCUT2D eigenvalue weighted by atomic mass is 10.1. The highest BCUT2D eigenvalue weighted by Crippen LogP contribution is 2.40. The van der Waals surface area contributed by atoms with Crippen LogP contribution in [0.1, 0.15) is 0 Å². The van der Waals surface area contributed by atoms with Gasteiger partial charge >= 0.3 is 6.03 Å². The molecule has 0 bridgehead atoms. The fraction of sp³-hybridized carbons (Fsp3) is 0.115. The lowest BCUT2D eigenvalue weighted by Gasteiger charge is -2.15. The molecule has 0 saturated heterocycles. The Balaban J connectivity index is 1.47. The standard InChI is InChI=1S/C26H25N5O4S/c1-33-21-12-18(13-22(34-2)25(21)35-3)28-24-15-27-14-20(30-24)16-8-10-17(11-9-16)29-26(32)31-19-6-4-5-7-23(19)36/h4-15,36H,1-3H3,(H,28,30)(H2,29,31,32). The quantitative estimate of drug-likeness (QED) is 0.224. The summed E-state index contributed by atoms with van der Waals surface area (Å²) in [6.45, 7) is 0. The highest BCUT2D eigenvalue weighted by atomic mass is 32.1. The van der Waals surface area contributed by atoms with Crippen LogP contribution >= 0.6 is 12.6 Å². The molecule has 4 aromatic rings. The van der Waals surface area contributed by atoms with E-state index in [0.717, 1.165) is 5.56 Å². The largest absolute Gasteiger partial charge is 0.493 e. The third kappa shape index (κ3) is 5.78. The van der Waals surface area contributed by atoms with Crippen molar-refractivity contribution in [3.8, 4) is 28.5 Å². The number of rotatable bonds is 8. The van der Waals surface area contributed by atoms with Crippen LogP contribution in [0.4, 0.5) is 27.7 Å². The van der Waals surface area contributed by atoms with Crippen LogP contribution in [0.25, 0.3) is 11.3 Å². The summed E-state index contributed by atoms with van der Waals surface area (Å²) in [5.41, 5.74) is 3.45. The second kappa shape index (κ2) is 11.3. The molecule has 0 aliphatic heterocycles. The van der Waals surface area contributed by atoms with Crippen molar-refractivity contribution in [3.63, 3.8) is 0 Å². The van der Waals surface area contributed by atoms with E-state index in [2.05, 4.69) is 38.5 Å². The summed E-state index contributed by atoms with van der Waals surface area (Å²) >= 11 is 4.34. The van der Waals surface area contributed by atoms with Gasteiger partial charge in [0.25, 0.3) is 0 Å². The Bertz CT molecular complexity index is 1340. The Morgan fingerprint density at radius 3 is 2.17 bits per heavy atom. The molecule has 1 heterocycles. The number of nitrogens with one attached hydrogen (secondary N) is 3. The predicted molar refractivity (Wildman–Crippen MR) is 143 cm³/mol. The zero-order valence-corrected chi connectivity index (χ0v) is 20.8. The number of anilines is 4. The second-order valence-corrected chi connectivity index (χ2v) is 7.98. The molecule has 0 aliphatic rings. The number of hydrogen-bond acceptors (Lipinski definition) is 8. The fourth-order valence-corrected chi connectivity index (χ4v) is 3.67. The molecule has 2 amide bonds. The van der Waals surface area contributed by atoms with Crippen LogP contribution in [0.2, 0.25) is 0 Å². The van der Waals surface area contributed by atoms with Crippen molar-refractivity contribution in [3.05, 3.63) is 73.1 Å². The zero-order valence-electron chi connectivity index (χ0n) is 19.9. The highest BCUT2D eigenvalue weighted by molar-refractivity contribution is 7.80. The lowest BCUT2D eigenvalue weighted by Crippen LogP contribution is -2.19. The van der Waals surface area contributed by atoms with Crippen molar-refractivity contribution in [1.29, 1.82) is 0 Å².